The van der Waals surface area contributed by atoms with Crippen molar-refractivity contribution in [2.45, 2.75) is 58.0 Å². The third-order valence-electron chi connectivity index (χ3n) is 10.4. The third kappa shape index (κ3) is 11.3. The van der Waals surface area contributed by atoms with Gasteiger partial charge >= 0.3 is 0 Å². The van der Waals surface area contributed by atoms with Gasteiger partial charge in [-0.25, -0.2) is 0 Å². The van der Waals surface area contributed by atoms with Crippen LogP contribution >= 0.6 is 34.5 Å². The third-order valence-corrected chi connectivity index (χ3v) is 12.3. The number of anilines is 1. The highest BCUT2D eigenvalue weighted by molar-refractivity contribution is 7.16. The molecule has 4 N–H and O–H groups in total. The summed E-state index contributed by atoms with van der Waals surface area (Å²) >= 11 is 14.6. The molecule has 0 spiro atoms. The van der Waals surface area contributed by atoms with Gasteiger partial charge in [0, 0.05) is 104 Å². The smallest absolute Gasteiger partial charge is 0.248 e. The lowest BCUT2D eigenvalue weighted by Crippen LogP contribution is -2.51. The van der Waals surface area contributed by atoms with Crippen molar-refractivity contribution in [3.8, 4) is 11.3 Å². The van der Waals surface area contributed by atoms with Crippen molar-refractivity contribution in [3.63, 3.8) is 0 Å². The Morgan fingerprint density at radius 1 is 0.983 bits per heavy atom. The van der Waals surface area contributed by atoms with E-state index in [1.807, 2.05) is 43.4 Å². The number of carbonyl (C=O) groups is 5. The largest absolute Gasteiger partial charge is 0.387 e. The lowest BCUT2D eigenvalue weighted by atomic mass is 9.99. The highest BCUT2D eigenvalue weighted by Gasteiger charge is 2.29. The summed E-state index contributed by atoms with van der Waals surface area (Å²) in [4.78, 5) is 73.9. The van der Waals surface area contributed by atoms with Gasteiger partial charge in [-0.1, -0.05) is 35.7 Å². The second kappa shape index (κ2) is 20.5. The van der Waals surface area contributed by atoms with E-state index in [2.05, 4.69) is 15.6 Å². The van der Waals surface area contributed by atoms with E-state index in [-0.39, 0.29) is 36.1 Å². The number of hydrogen-bond donors (Lipinski definition) is 4. The number of benzene rings is 1. The zero-order valence-electron chi connectivity index (χ0n) is 33.4. The number of rotatable bonds is 18. The van der Waals surface area contributed by atoms with Crippen molar-refractivity contribution in [1.82, 2.24) is 40.1 Å². The van der Waals surface area contributed by atoms with E-state index in [4.69, 9.17) is 28.3 Å². The Labute approximate surface area is 357 Å². The highest BCUT2D eigenvalue weighted by atomic mass is 35.5. The van der Waals surface area contributed by atoms with Gasteiger partial charge in [0.05, 0.1) is 32.8 Å². The van der Waals surface area contributed by atoms with Gasteiger partial charge in [0.15, 0.2) is 0 Å². The Kier molecular flexibility index (Phi) is 15.2. The molecule has 0 saturated carbocycles. The maximum absolute atomic E-state index is 12.8. The van der Waals surface area contributed by atoms with Gasteiger partial charge in [-0.05, 0) is 57.6 Å². The second-order valence-corrected chi connectivity index (χ2v) is 16.9. The first kappa shape index (κ1) is 43.8. The minimum absolute atomic E-state index is 0.0304. The molecule has 3 aromatic heterocycles. The summed E-state index contributed by atoms with van der Waals surface area (Å²) in [7, 11) is 3.85. The standard InChI is InChI=1S/C41H51Cl2N9O6S/c1-48(2)17-6-9-35(56)50-21-22-52(36(57)25-50)38-11-10-27(59-38)12-15-44-33(54)7-4-3-5-8-34(55)45-16-20-51-19-14-32(47-51)28-23-30(42)40(43)41-39(28)29-24-49(37(58)26-53)18-13-31(29)46-41/h6,9-11,14,19,23,46,53H,3-5,7-8,12-13,15-18,20-22,24-26H2,1-2H3,(H,44,54)(H,45,55)/b9-6+. The van der Waals surface area contributed by atoms with Crippen molar-refractivity contribution in [2.75, 3.05) is 71.4 Å². The van der Waals surface area contributed by atoms with Crippen LogP contribution in [-0.2, 0) is 49.9 Å². The lowest BCUT2D eigenvalue weighted by molar-refractivity contribution is -0.135. The monoisotopic (exact) mass is 867 g/mol. The van der Waals surface area contributed by atoms with Crippen molar-refractivity contribution in [1.29, 1.82) is 0 Å². The van der Waals surface area contributed by atoms with Crippen LogP contribution in [-0.4, -0.2) is 131 Å². The van der Waals surface area contributed by atoms with Gasteiger partial charge in [0.2, 0.25) is 29.5 Å². The van der Waals surface area contributed by atoms with Gasteiger partial charge in [-0.15, -0.1) is 11.3 Å². The fourth-order valence-electron chi connectivity index (χ4n) is 7.25. The number of carbonyl (C=O) groups excluding carboxylic acids is 5. The summed E-state index contributed by atoms with van der Waals surface area (Å²) in [5, 5.41) is 22.5. The number of halogens is 2. The zero-order valence-corrected chi connectivity index (χ0v) is 35.7. The molecule has 15 nitrogen and oxygen atoms in total. The van der Waals surface area contributed by atoms with Gasteiger partial charge in [-0.2, -0.15) is 5.10 Å². The summed E-state index contributed by atoms with van der Waals surface area (Å²) in [5.74, 6) is -0.687. The number of aliphatic hydroxyl groups is 1. The van der Waals surface area contributed by atoms with Gasteiger partial charge in [-0.3, -0.25) is 28.7 Å². The predicted molar refractivity (Wildman–Crippen MR) is 230 cm³/mol. The van der Waals surface area contributed by atoms with E-state index in [1.54, 1.807) is 31.5 Å². The number of fused-ring (bicyclic) bond motifs is 3. The number of unbranched alkanes of at least 4 members (excludes halogenated alkanes) is 2. The first-order valence-corrected chi connectivity index (χ1v) is 21.5. The van der Waals surface area contributed by atoms with E-state index in [0.29, 0.717) is 112 Å². The minimum atomic E-state index is -0.549. The zero-order chi connectivity index (χ0) is 42.1. The number of hydrogen-bond acceptors (Lipinski definition) is 9. The molecule has 2 aliphatic heterocycles. The normalized spacial score (nSPS) is 14.5. The van der Waals surface area contributed by atoms with Crippen LogP contribution in [0.2, 0.25) is 10.0 Å². The van der Waals surface area contributed by atoms with Crippen LogP contribution in [0.1, 0.15) is 48.2 Å². The van der Waals surface area contributed by atoms with Crippen molar-refractivity contribution >= 4 is 80.0 Å². The molecule has 5 heterocycles. The molecule has 0 unspecified atom stereocenters. The van der Waals surface area contributed by atoms with E-state index in [0.717, 1.165) is 38.5 Å². The number of aliphatic hydroxyl groups excluding tert-OH is 1. The summed E-state index contributed by atoms with van der Waals surface area (Å²) in [6, 6.07) is 7.55. The van der Waals surface area contributed by atoms with Crippen molar-refractivity contribution in [2.24, 2.45) is 0 Å². The first-order chi connectivity index (χ1) is 28.4. The fraction of sp³-hybridized carbons (Fsp3) is 0.463. The molecule has 5 amide bonds. The maximum Gasteiger partial charge on any atom is 0.248 e. The number of likely N-dealkylation sites (N-methyl/N-ethyl adjacent to an activating group) is 1. The van der Waals surface area contributed by atoms with E-state index in [1.165, 1.54) is 17.4 Å². The van der Waals surface area contributed by atoms with Gasteiger partial charge in [0.1, 0.15) is 13.2 Å². The molecule has 0 radical (unpaired) electrons. The minimum Gasteiger partial charge on any atom is -0.387 e. The average molecular weight is 869 g/mol. The Morgan fingerprint density at radius 3 is 2.47 bits per heavy atom. The molecule has 1 saturated heterocycles. The quantitative estimate of drug-likeness (QED) is 0.0858. The molecule has 18 heteroatoms. The number of aromatic nitrogens is 3. The molecule has 0 bridgehead atoms. The molecule has 0 atom stereocenters. The van der Waals surface area contributed by atoms with Crippen molar-refractivity contribution in [3.05, 3.63) is 68.8 Å². The second-order valence-electron chi connectivity index (χ2n) is 15.0. The van der Waals surface area contributed by atoms with Gasteiger partial charge in [0.25, 0.3) is 0 Å². The number of nitrogens with zero attached hydrogens (tertiary/aromatic N) is 6. The number of nitrogens with one attached hydrogen (secondary N) is 3. The highest BCUT2D eigenvalue weighted by Crippen LogP contribution is 2.42. The lowest BCUT2D eigenvalue weighted by Gasteiger charge is -2.33. The molecule has 59 heavy (non-hydrogen) atoms. The van der Waals surface area contributed by atoms with Crippen LogP contribution in [0.15, 0.2) is 42.6 Å². The Hall–Kier alpha value is -4.74. The number of aromatic amines is 1. The molecule has 316 valence electrons. The predicted octanol–water partition coefficient (Wildman–Crippen LogP) is 4.00. The summed E-state index contributed by atoms with van der Waals surface area (Å²) in [6.45, 7) is 3.25. The van der Waals surface area contributed by atoms with E-state index in [9.17, 15) is 29.1 Å². The molecular formula is C41H51Cl2N9O6S. The summed E-state index contributed by atoms with van der Waals surface area (Å²) < 4.78 is 1.75. The molecule has 1 aromatic carbocycles. The van der Waals surface area contributed by atoms with E-state index < -0.39 is 6.61 Å². The average Bonchev–Trinajstić information content (AvgIpc) is 3.98. The van der Waals surface area contributed by atoms with Crippen molar-refractivity contribution < 1.29 is 29.1 Å². The number of amides is 5. The molecule has 0 aliphatic carbocycles. The summed E-state index contributed by atoms with van der Waals surface area (Å²) in [5.41, 5.74) is 4.04. The summed E-state index contributed by atoms with van der Waals surface area (Å²) in [6.07, 6.45) is 9.27. The van der Waals surface area contributed by atoms with E-state index >= 15 is 0 Å². The Balaban J connectivity index is 0.858. The topological polar surface area (TPSA) is 176 Å². The molecular weight excluding hydrogens is 817 g/mol. The van der Waals surface area contributed by atoms with Gasteiger partial charge < -0.3 is 40.3 Å². The Morgan fingerprint density at radius 2 is 1.75 bits per heavy atom. The van der Waals surface area contributed by atoms with Crippen LogP contribution in [0, 0.1) is 0 Å². The Bertz CT molecular complexity index is 2200. The van der Waals surface area contributed by atoms with Crippen LogP contribution < -0.4 is 15.5 Å². The SMILES string of the molecule is CN(C)C/C=C/C(=O)N1CCN(c2ccc(CCNC(=O)CCCCCC(=O)NCCn3ccc(-c4cc(Cl)c(Cl)c5[nH]c6c(c45)CN(C(=O)CO)CC6)n3)s2)C(=O)C1. The maximum atomic E-state index is 12.8. The van der Waals surface area contributed by atoms with Crippen LogP contribution in [0.3, 0.4) is 0 Å². The van der Waals surface area contributed by atoms with Crippen LogP contribution in [0.5, 0.6) is 0 Å². The van der Waals surface area contributed by atoms with Crippen LogP contribution in [0.25, 0.3) is 22.2 Å². The number of piperazine rings is 1. The molecule has 1 fully saturated rings. The molecule has 6 rings (SSSR count). The van der Waals surface area contributed by atoms with Crippen LogP contribution in [0.4, 0.5) is 5.00 Å². The fourth-order valence-corrected chi connectivity index (χ4v) is 8.70. The first-order valence-electron chi connectivity index (χ1n) is 19.9. The number of H-pyrrole nitrogens is 1. The molecule has 4 aromatic rings. The molecule has 2 aliphatic rings. The number of thiophene rings is 1.